The molecule has 0 aliphatic heterocycles. The van der Waals surface area contributed by atoms with Crippen molar-refractivity contribution in [2.24, 2.45) is 0 Å². The summed E-state index contributed by atoms with van der Waals surface area (Å²) in [5.41, 5.74) is 10.8. The predicted molar refractivity (Wildman–Crippen MR) is 253 cm³/mol. The van der Waals surface area contributed by atoms with Crippen molar-refractivity contribution < 1.29 is 4.42 Å². The van der Waals surface area contributed by atoms with E-state index < -0.39 is 0 Å². The first kappa shape index (κ1) is 37.5. The second kappa shape index (κ2) is 15.0. The predicted octanol–water partition coefficient (Wildman–Crippen LogP) is 4.07. The van der Waals surface area contributed by atoms with E-state index in [2.05, 4.69) is 0 Å². The zero-order valence-electron chi connectivity index (χ0n) is 31.4. The topological polar surface area (TPSA) is 16.4 Å². The van der Waals surface area contributed by atoms with E-state index in [1.54, 1.807) is 4.90 Å². The summed E-state index contributed by atoms with van der Waals surface area (Å²) >= 11 is 0. The first-order valence-corrected chi connectivity index (χ1v) is 18.7. The van der Waals surface area contributed by atoms with Crippen molar-refractivity contribution in [3.63, 3.8) is 0 Å². The Hall–Kier alpha value is -6.12. The van der Waals surface area contributed by atoms with E-state index in [0.717, 1.165) is 49.8 Å². The second-order valence-electron chi connectivity index (χ2n) is 14.3. The Morgan fingerprint density at radius 1 is 0.310 bits per heavy atom. The average molecular weight is 718 g/mol. The van der Waals surface area contributed by atoms with Crippen molar-refractivity contribution in [3.8, 4) is 44.5 Å². The number of benzene rings is 8. The van der Waals surface area contributed by atoms with E-state index in [0.29, 0.717) is 22.4 Å². The van der Waals surface area contributed by atoms with Crippen LogP contribution < -0.4 is 48.6 Å². The number of hydrogen-bond donors (Lipinski definition) is 0. The summed E-state index contributed by atoms with van der Waals surface area (Å²) in [5, 5.41) is 1.85. The molecule has 1 heterocycles. The van der Waals surface area contributed by atoms with Crippen molar-refractivity contribution >= 4 is 145 Å². The average Bonchev–Trinajstić information content (AvgIpc) is 3.64. The van der Waals surface area contributed by atoms with Gasteiger partial charge in [0.15, 0.2) is 0 Å². The molecule has 0 N–H and O–H groups in total. The van der Waals surface area contributed by atoms with Crippen molar-refractivity contribution in [3.05, 3.63) is 152 Å². The monoisotopic (exact) mass is 719 g/mol. The van der Waals surface area contributed by atoms with Crippen LogP contribution in [0.5, 0.6) is 0 Å². The molecule has 1 aromatic heterocycles. The molecule has 2 nitrogen and oxygen atoms in total. The Morgan fingerprint density at radius 2 is 0.690 bits per heavy atom. The first-order chi connectivity index (χ1) is 28.1. The maximum atomic E-state index is 7.06. The van der Waals surface area contributed by atoms with Gasteiger partial charge in [0.1, 0.15) is 73.9 Å². The Bertz CT molecular complexity index is 2960. The SMILES string of the molecule is [B]c1c([B])c(N(c2ccc(-c3ccccc3)cc2)c2c([B])c([B])c(-c3ccc4oc5ccccc5c4c3)c([B])c2[B])c([B])c([B])c1-c1ccc(-c2ccccc2)cc1. The maximum Gasteiger partial charge on any atom is 0.135 e. The summed E-state index contributed by atoms with van der Waals surface area (Å²) in [4.78, 5) is 1.74. The second-order valence-corrected chi connectivity index (χ2v) is 14.3. The molecule has 9 aromatic rings. The number of fused-ring (bicyclic) bond motifs is 3. The van der Waals surface area contributed by atoms with Gasteiger partial charge in [-0.2, -0.15) is 0 Å². The minimum Gasteiger partial charge on any atom is -0.456 e. The molecule has 0 fully saturated rings. The highest BCUT2D eigenvalue weighted by Crippen LogP contribution is 2.35. The third kappa shape index (κ3) is 6.27. The number of para-hydroxylation sites is 1. The highest BCUT2D eigenvalue weighted by atomic mass is 16.3. The highest BCUT2D eigenvalue weighted by Gasteiger charge is 2.26. The van der Waals surface area contributed by atoms with Crippen molar-refractivity contribution in [1.29, 1.82) is 0 Å². The van der Waals surface area contributed by atoms with Gasteiger partial charge in [0.25, 0.3) is 0 Å². The molecule has 0 amide bonds. The van der Waals surface area contributed by atoms with Crippen LogP contribution >= 0.6 is 0 Å². The Morgan fingerprint density at radius 3 is 1.21 bits per heavy atom. The van der Waals surface area contributed by atoms with Crippen molar-refractivity contribution in [2.75, 3.05) is 4.90 Å². The number of furan rings is 1. The van der Waals surface area contributed by atoms with E-state index in [1.807, 2.05) is 152 Å². The molecule has 58 heavy (non-hydrogen) atoms. The fraction of sp³-hybridized carbons (Fsp3) is 0. The molecular weight excluding hydrogens is 693 g/mol. The molecule has 0 unspecified atom stereocenters. The molecular formula is C48H25B8NO. The van der Waals surface area contributed by atoms with Crippen LogP contribution in [-0.4, -0.2) is 62.8 Å². The molecule has 0 saturated heterocycles. The van der Waals surface area contributed by atoms with Gasteiger partial charge in [0, 0.05) is 27.8 Å². The third-order valence-electron chi connectivity index (χ3n) is 10.9. The largest absolute Gasteiger partial charge is 0.456 e. The van der Waals surface area contributed by atoms with E-state index in [4.69, 9.17) is 67.2 Å². The van der Waals surface area contributed by atoms with Gasteiger partial charge < -0.3 is 9.32 Å². The number of anilines is 3. The van der Waals surface area contributed by atoms with Crippen LogP contribution in [0.4, 0.5) is 17.1 Å². The van der Waals surface area contributed by atoms with E-state index >= 15 is 0 Å². The van der Waals surface area contributed by atoms with Crippen LogP contribution in [-0.2, 0) is 0 Å². The maximum absolute atomic E-state index is 7.06. The fourth-order valence-corrected chi connectivity index (χ4v) is 7.88. The first-order valence-electron chi connectivity index (χ1n) is 18.7. The molecule has 0 bridgehead atoms. The lowest BCUT2D eigenvalue weighted by Gasteiger charge is -2.37. The van der Waals surface area contributed by atoms with Gasteiger partial charge in [-0.25, -0.2) is 0 Å². The minimum absolute atomic E-state index is 0.155. The number of rotatable bonds is 7. The van der Waals surface area contributed by atoms with E-state index in [-0.39, 0.29) is 55.1 Å². The molecule has 0 aliphatic rings. The zero-order valence-corrected chi connectivity index (χ0v) is 31.4. The molecule has 16 radical (unpaired) electrons. The zero-order chi connectivity index (χ0) is 40.2. The van der Waals surface area contributed by atoms with Crippen LogP contribution in [0.3, 0.4) is 0 Å². The smallest absolute Gasteiger partial charge is 0.135 e. The van der Waals surface area contributed by atoms with Crippen LogP contribution in [0.2, 0.25) is 0 Å². The van der Waals surface area contributed by atoms with Crippen LogP contribution in [0.25, 0.3) is 66.4 Å². The standard InChI is InChI=1S/C48H25B8NO/c49-39-37(30-17-15-28(16-18-30)26-9-3-1-4-10-26)40(50)44(54)47(43(39)53)57(32-22-19-29(20-23-32)27-11-5-2-6-12-27)48-45(55)41(51)38(42(52)46(48)56)31-21-24-36-34(25-31)33-13-7-8-14-35(33)58-36/h1-25H. The van der Waals surface area contributed by atoms with Crippen LogP contribution in [0.1, 0.15) is 0 Å². The lowest BCUT2D eigenvalue weighted by Crippen LogP contribution is -2.50. The molecule has 9 rings (SSSR count). The minimum atomic E-state index is 0.155. The Kier molecular flexibility index (Phi) is 9.68. The molecule has 10 heteroatoms. The molecule has 252 valence electrons. The quantitative estimate of drug-likeness (QED) is 0.232. The summed E-state index contributed by atoms with van der Waals surface area (Å²) in [6.07, 6.45) is 0. The summed E-state index contributed by atoms with van der Waals surface area (Å²) in [7, 11) is 56.0. The van der Waals surface area contributed by atoms with E-state index in [1.165, 1.54) is 0 Å². The molecule has 0 aliphatic carbocycles. The van der Waals surface area contributed by atoms with Crippen molar-refractivity contribution in [2.45, 2.75) is 0 Å². The highest BCUT2D eigenvalue weighted by molar-refractivity contribution is 6.65. The van der Waals surface area contributed by atoms with Gasteiger partial charge in [-0.15, -0.1) is 0 Å². The van der Waals surface area contributed by atoms with Gasteiger partial charge in [0.05, 0.1) is 0 Å². The van der Waals surface area contributed by atoms with Gasteiger partial charge >= 0.3 is 0 Å². The number of hydrogen-bond acceptors (Lipinski definition) is 2. The summed E-state index contributed by atoms with van der Waals surface area (Å²) in [5.74, 6) is 0. The lowest BCUT2D eigenvalue weighted by atomic mass is 9.63. The van der Waals surface area contributed by atoms with Gasteiger partial charge in [-0.1, -0.05) is 165 Å². The molecule has 0 spiro atoms. The Labute approximate surface area is 349 Å². The lowest BCUT2D eigenvalue weighted by molar-refractivity contribution is 0.669. The van der Waals surface area contributed by atoms with Gasteiger partial charge in [-0.05, 0) is 74.8 Å². The molecule has 8 aromatic carbocycles. The summed E-state index contributed by atoms with van der Waals surface area (Å²) in [6, 6.07) is 49.4. The van der Waals surface area contributed by atoms with E-state index in [9.17, 15) is 0 Å². The van der Waals surface area contributed by atoms with Crippen LogP contribution in [0.15, 0.2) is 156 Å². The van der Waals surface area contributed by atoms with Crippen molar-refractivity contribution in [1.82, 2.24) is 0 Å². The molecule has 0 saturated carbocycles. The Balaban J connectivity index is 1.23. The third-order valence-corrected chi connectivity index (χ3v) is 10.9. The molecule has 0 atom stereocenters. The summed E-state index contributed by atoms with van der Waals surface area (Å²) in [6.45, 7) is 0. The van der Waals surface area contributed by atoms with Crippen LogP contribution in [0, 0.1) is 0 Å². The summed E-state index contributed by atoms with van der Waals surface area (Å²) < 4.78 is 6.08. The van der Waals surface area contributed by atoms with Gasteiger partial charge in [-0.3, -0.25) is 0 Å². The normalized spacial score (nSPS) is 11.3. The van der Waals surface area contributed by atoms with Gasteiger partial charge in [0.2, 0.25) is 0 Å². The number of nitrogens with zero attached hydrogens (tertiary/aromatic N) is 1. The fourth-order valence-electron chi connectivity index (χ4n) is 7.88.